The lowest BCUT2D eigenvalue weighted by Gasteiger charge is -2.26. The number of carboxylic acids is 1. The quantitative estimate of drug-likeness (QED) is 0.0345. The Bertz CT molecular complexity index is 1700. The number of nitrogens with one attached hydrogen (secondary N) is 5. The molecule has 0 aliphatic rings. The highest BCUT2D eigenvalue weighted by molar-refractivity contribution is 5.99. The van der Waals surface area contributed by atoms with Crippen molar-refractivity contribution >= 4 is 52.7 Å². The van der Waals surface area contributed by atoms with Crippen LogP contribution in [0.5, 0.6) is 0 Å². The summed E-state index contributed by atoms with van der Waals surface area (Å²) in [6.07, 6.45) is -1.02. The molecule has 0 spiro atoms. The van der Waals surface area contributed by atoms with Gasteiger partial charge in [-0.1, -0.05) is 38.5 Å². The molecule has 2 rings (SSSR count). The molecule has 292 valence electrons. The van der Waals surface area contributed by atoms with Crippen LogP contribution in [0.2, 0.25) is 0 Å². The second-order valence-electron chi connectivity index (χ2n) is 12.3. The molecule has 54 heavy (non-hydrogen) atoms. The summed E-state index contributed by atoms with van der Waals surface area (Å²) >= 11 is 0. The summed E-state index contributed by atoms with van der Waals surface area (Å²) in [4.78, 5) is 103. The number of aliphatic carboxylic acids is 1. The molecule has 0 aliphatic heterocycles. The van der Waals surface area contributed by atoms with E-state index in [9.17, 15) is 54.1 Å². The van der Waals surface area contributed by atoms with E-state index in [1.54, 1.807) is 42.7 Å². The van der Waals surface area contributed by atoms with Gasteiger partial charge in [0.05, 0.1) is 11.5 Å². The number of anilines is 1. The molecule has 0 heterocycles. The number of nitrogens with two attached hydrogens (primary N) is 2. The Labute approximate surface area is 309 Å². The van der Waals surface area contributed by atoms with Crippen LogP contribution in [0.15, 0.2) is 59.6 Å². The number of nitro groups is 2. The van der Waals surface area contributed by atoms with Crippen LogP contribution in [0.25, 0.3) is 0 Å². The van der Waals surface area contributed by atoms with Gasteiger partial charge in [0.25, 0.3) is 17.5 Å². The van der Waals surface area contributed by atoms with Crippen molar-refractivity contribution in [3.05, 3.63) is 80.4 Å². The number of aliphatic imine (C=N–C) groups is 1. The number of benzene rings is 2. The highest BCUT2D eigenvalue weighted by atomic mass is 16.7. The Balaban J connectivity index is 2.13. The normalized spacial score (nSPS) is 14.0. The molecular weight excluding hydrogens is 712 g/mol. The third kappa shape index (κ3) is 14.2. The van der Waals surface area contributed by atoms with Crippen LogP contribution in [-0.4, -0.2) is 87.1 Å². The minimum Gasteiger partial charge on any atom is -0.480 e. The summed E-state index contributed by atoms with van der Waals surface area (Å²) in [6, 6.07) is 7.17. The van der Waals surface area contributed by atoms with E-state index in [4.69, 9.17) is 11.5 Å². The molecular formula is C33H44N10O11. The van der Waals surface area contributed by atoms with Crippen LogP contribution in [0.1, 0.15) is 56.8 Å². The second kappa shape index (κ2) is 21.0. The van der Waals surface area contributed by atoms with Crippen molar-refractivity contribution in [2.24, 2.45) is 28.3 Å². The van der Waals surface area contributed by atoms with E-state index in [-0.39, 0.29) is 17.3 Å². The maximum absolute atomic E-state index is 13.4. The van der Waals surface area contributed by atoms with Crippen molar-refractivity contribution in [2.45, 2.75) is 70.6 Å². The number of hydrazine groups is 1. The fraction of sp³-hybridized carbons (Fsp3) is 0.424. The zero-order chi connectivity index (χ0) is 40.5. The van der Waals surface area contributed by atoms with Crippen molar-refractivity contribution in [1.29, 1.82) is 0 Å². The Morgan fingerprint density at radius 1 is 0.852 bits per heavy atom. The molecule has 21 heteroatoms. The number of non-ortho nitro benzene ring substituents is 1. The first-order chi connectivity index (χ1) is 25.4. The number of rotatable bonds is 22. The Kier molecular flexibility index (Phi) is 16.9. The summed E-state index contributed by atoms with van der Waals surface area (Å²) in [5, 5.41) is 40.9. The van der Waals surface area contributed by atoms with Crippen molar-refractivity contribution in [2.75, 3.05) is 11.9 Å². The maximum atomic E-state index is 13.4. The highest BCUT2D eigenvalue weighted by Gasteiger charge is 2.33. The monoisotopic (exact) mass is 756 g/mol. The van der Waals surface area contributed by atoms with Gasteiger partial charge in [0.1, 0.15) is 23.9 Å². The first kappa shape index (κ1) is 43.5. The molecule has 0 saturated carbocycles. The average molecular weight is 757 g/mol. The molecule has 1 unspecified atom stereocenters. The minimum absolute atomic E-state index is 0.0608. The number of carbonyl (C=O) groups excluding carboxylic acids is 5. The summed E-state index contributed by atoms with van der Waals surface area (Å²) in [6.45, 7) is 4.41. The number of nitrogens with zero attached hydrogens (tertiary/aromatic N) is 3. The van der Waals surface area contributed by atoms with Crippen molar-refractivity contribution < 1.29 is 43.8 Å². The second-order valence-corrected chi connectivity index (χ2v) is 12.3. The lowest BCUT2D eigenvalue weighted by molar-refractivity contribution is -0.548. The number of nitro benzene ring substituents is 1. The third-order valence-electron chi connectivity index (χ3n) is 8.26. The zero-order valence-electron chi connectivity index (χ0n) is 29.7. The highest BCUT2D eigenvalue weighted by Crippen LogP contribution is 2.19. The molecule has 21 nitrogen and oxygen atoms in total. The standard InChI is InChI=1S/C33H44N10O11/c1-4-18(2)27(40-29(46)20-8-6-5-7-9-20)31(48)37-19(3)28(45)39-24(32(49)50)14-15-26(44)21(17-36-33(34)35)16-25(41-43(53)54)30(47)38-22-10-12-23(13-11-22)42(51)52/h5-13,18-19,21,24-25,27,41H,4,14-17H2,1-3H3,(H,37,48)(H,38,47)(H,39,45)(H,40,46)(H,49,50)(H4,34,35,36)/t18-,19-,21?,24-,25-,27-/m0/s1. The Morgan fingerprint density at radius 2 is 1.48 bits per heavy atom. The number of guanidine groups is 1. The number of hydrogen-bond acceptors (Lipinski definition) is 11. The summed E-state index contributed by atoms with van der Waals surface area (Å²) in [5.41, 5.74) is 12.7. The topological polar surface area (TPSA) is 333 Å². The average Bonchev–Trinajstić information content (AvgIpc) is 3.12. The van der Waals surface area contributed by atoms with E-state index in [2.05, 4.69) is 26.3 Å². The SMILES string of the molecule is CC[C@H](C)[C@H](NC(=O)c1ccccc1)C(=O)N[C@@H](C)C(=O)N[C@@H](CCC(=O)C(CN=C(N)N)C[C@H](N[N+](=O)[O-])C(=O)Nc1ccc([N+](=O)[O-])cc1)C(=O)O. The van der Waals surface area contributed by atoms with Gasteiger partial charge in [-0.15, -0.1) is 5.43 Å². The first-order valence-corrected chi connectivity index (χ1v) is 16.7. The van der Waals surface area contributed by atoms with Crippen molar-refractivity contribution in [3.8, 4) is 0 Å². The zero-order valence-corrected chi connectivity index (χ0v) is 29.7. The fourth-order valence-corrected chi connectivity index (χ4v) is 4.98. The number of carboxylic acid groups (broad SMARTS) is 1. The summed E-state index contributed by atoms with van der Waals surface area (Å²) < 4.78 is 0. The van der Waals surface area contributed by atoms with E-state index < -0.39 is 107 Å². The van der Waals surface area contributed by atoms with Gasteiger partial charge in [0, 0.05) is 35.7 Å². The van der Waals surface area contributed by atoms with Gasteiger partial charge in [-0.2, -0.15) is 0 Å². The number of Topliss-reactive ketones (excluding diaryl/α,β-unsaturated/α-hetero) is 1. The predicted octanol–water partition coefficient (Wildman–Crippen LogP) is 0.231. The van der Waals surface area contributed by atoms with Gasteiger partial charge < -0.3 is 37.8 Å². The summed E-state index contributed by atoms with van der Waals surface area (Å²) in [7, 11) is 0. The molecule has 2 aromatic carbocycles. The van der Waals surface area contributed by atoms with Crippen LogP contribution in [0.3, 0.4) is 0 Å². The maximum Gasteiger partial charge on any atom is 0.326 e. The van der Waals surface area contributed by atoms with Crippen molar-refractivity contribution in [1.82, 2.24) is 21.4 Å². The molecule has 0 aromatic heterocycles. The van der Waals surface area contributed by atoms with Crippen LogP contribution in [0.4, 0.5) is 11.4 Å². The van der Waals surface area contributed by atoms with Crippen LogP contribution in [0, 0.1) is 32.1 Å². The van der Waals surface area contributed by atoms with Gasteiger partial charge >= 0.3 is 5.97 Å². The lowest BCUT2D eigenvalue weighted by Crippen LogP contribution is -2.56. The first-order valence-electron chi connectivity index (χ1n) is 16.7. The predicted molar refractivity (Wildman–Crippen MR) is 193 cm³/mol. The number of amides is 4. The molecule has 4 amide bonds. The molecule has 0 fully saturated rings. The summed E-state index contributed by atoms with van der Waals surface area (Å²) in [5.74, 6) is -7.34. The molecule has 0 radical (unpaired) electrons. The lowest BCUT2D eigenvalue weighted by atomic mass is 9.91. The molecule has 10 N–H and O–H groups in total. The van der Waals surface area contributed by atoms with Crippen LogP contribution < -0.4 is 38.2 Å². The van der Waals surface area contributed by atoms with Crippen molar-refractivity contribution in [3.63, 3.8) is 0 Å². The largest absolute Gasteiger partial charge is 0.480 e. The van der Waals surface area contributed by atoms with Gasteiger partial charge in [-0.05, 0) is 49.9 Å². The molecule has 6 atom stereocenters. The smallest absolute Gasteiger partial charge is 0.326 e. The van der Waals surface area contributed by atoms with Gasteiger partial charge in [-0.3, -0.25) is 39.1 Å². The van der Waals surface area contributed by atoms with E-state index in [0.29, 0.717) is 12.0 Å². The molecule has 2 aromatic rings. The van der Waals surface area contributed by atoms with Crippen LogP contribution >= 0.6 is 0 Å². The molecule has 0 bridgehead atoms. The van der Waals surface area contributed by atoms with Gasteiger partial charge in [-0.25, -0.2) is 14.9 Å². The molecule has 0 aliphatic carbocycles. The van der Waals surface area contributed by atoms with E-state index in [0.717, 1.165) is 12.1 Å². The Morgan fingerprint density at radius 3 is 2.02 bits per heavy atom. The van der Waals surface area contributed by atoms with E-state index in [1.807, 2.05) is 6.92 Å². The van der Waals surface area contributed by atoms with E-state index in [1.165, 1.54) is 19.1 Å². The Hall–Kier alpha value is -6.67. The number of hydrogen-bond donors (Lipinski definition) is 8. The van der Waals surface area contributed by atoms with E-state index >= 15 is 0 Å². The minimum atomic E-state index is -1.66. The van der Waals surface area contributed by atoms with Gasteiger partial charge in [0.2, 0.25) is 11.8 Å². The molecule has 0 saturated heterocycles. The van der Waals surface area contributed by atoms with Gasteiger partial charge in [0.15, 0.2) is 17.0 Å². The number of ketones is 1. The fourth-order valence-electron chi connectivity index (χ4n) is 4.98. The third-order valence-corrected chi connectivity index (χ3v) is 8.26. The van der Waals surface area contributed by atoms with Crippen LogP contribution in [-0.2, 0) is 24.0 Å². The number of carbonyl (C=O) groups is 6.